The van der Waals surface area contributed by atoms with E-state index in [4.69, 9.17) is 20.9 Å². The Hall–Kier alpha value is -3.28. The van der Waals surface area contributed by atoms with Gasteiger partial charge in [-0.3, -0.25) is 9.59 Å². The first-order valence-corrected chi connectivity index (χ1v) is 7.10. The molecular weight excluding hydrogens is 308 g/mol. The molecule has 0 fully saturated rings. The van der Waals surface area contributed by atoms with Gasteiger partial charge in [-0.1, -0.05) is 24.3 Å². The molecule has 0 radical (unpaired) electrons. The molecule has 0 aliphatic rings. The lowest BCUT2D eigenvalue weighted by Crippen LogP contribution is -2.21. The van der Waals surface area contributed by atoms with Gasteiger partial charge in [-0.05, 0) is 35.4 Å². The van der Waals surface area contributed by atoms with Crippen molar-refractivity contribution in [2.24, 2.45) is 11.5 Å². The number of rotatable bonds is 6. The van der Waals surface area contributed by atoms with E-state index in [0.29, 0.717) is 22.6 Å². The second-order valence-electron chi connectivity index (χ2n) is 4.94. The predicted molar refractivity (Wildman–Crippen MR) is 91.2 cm³/mol. The molecule has 4 N–H and O–H groups in total. The molecule has 0 aromatic heterocycles. The number of carbonyl (C=O) groups is 2. The van der Waals surface area contributed by atoms with Crippen molar-refractivity contribution in [1.29, 1.82) is 0 Å². The Labute approximate surface area is 139 Å². The summed E-state index contributed by atoms with van der Waals surface area (Å²) in [5.74, 6) is -0.255. The number of hydrogen-bond acceptors (Lipinski definition) is 4. The lowest BCUT2D eigenvalue weighted by molar-refractivity contribution is -0.114. The molecule has 2 rings (SSSR count). The molecule has 0 atom stereocenters. The van der Waals surface area contributed by atoms with Crippen LogP contribution in [0.4, 0.5) is 0 Å². The highest BCUT2D eigenvalue weighted by molar-refractivity contribution is 6.39. The number of primary amides is 2. The molecule has 2 aromatic carbocycles. The molecule has 0 spiro atoms. The van der Waals surface area contributed by atoms with Crippen LogP contribution in [-0.2, 0) is 9.59 Å². The quantitative estimate of drug-likeness (QED) is 0.621. The lowest BCUT2D eigenvalue weighted by atomic mass is 9.93. The third kappa shape index (κ3) is 3.55. The number of ether oxygens (including phenoxy) is 2. The van der Waals surface area contributed by atoms with Gasteiger partial charge in [0.1, 0.15) is 11.5 Å². The topological polar surface area (TPSA) is 105 Å². The molecule has 2 amide bonds. The van der Waals surface area contributed by atoms with Gasteiger partial charge in [0.05, 0.1) is 25.4 Å². The zero-order chi connectivity index (χ0) is 17.7. The Morgan fingerprint density at radius 3 is 1.17 bits per heavy atom. The maximum absolute atomic E-state index is 12.0. The van der Waals surface area contributed by atoms with Crippen LogP contribution in [0.25, 0.3) is 11.1 Å². The van der Waals surface area contributed by atoms with Crippen LogP contribution in [0.1, 0.15) is 11.1 Å². The highest BCUT2D eigenvalue weighted by Gasteiger charge is 2.21. The molecular formula is C18H18N2O4. The molecule has 0 aliphatic carbocycles. The summed E-state index contributed by atoms with van der Waals surface area (Å²) in [4.78, 5) is 24.0. The van der Waals surface area contributed by atoms with Crippen molar-refractivity contribution in [3.8, 4) is 11.5 Å². The summed E-state index contributed by atoms with van der Waals surface area (Å²) in [5, 5.41) is 0. The highest BCUT2D eigenvalue weighted by Crippen LogP contribution is 2.28. The van der Waals surface area contributed by atoms with Gasteiger partial charge in [-0.25, -0.2) is 0 Å². The van der Waals surface area contributed by atoms with Crippen LogP contribution < -0.4 is 20.9 Å². The van der Waals surface area contributed by atoms with Crippen LogP contribution in [0.5, 0.6) is 11.5 Å². The van der Waals surface area contributed by atoms with Crippen molar-refractivity contribution in [2.45, 2.75) is 0 Å². The van der Waals surface area contributed by atoms with E-state index < -0.39 is 11.8 Å². The number of carbonyl (C=O) groups excluding carboxylic acids is 2. The van der Waals surface area contributed by atoms with Crippen molar-refractivity contribution in [2.75, 3.05) is 14.2 Å². The minimum absolute atomic E-state index is 0.0512. The van der Waals surface area contributed by atoms with E-state index >= 15 is 0 Å². The van der Waals surface area contributed by atoms with Crippen LogP contribution in [0.3, 0.4) is 0 Å². The van der Waals surface area contributed by atoms with Gasteiger partial charge in [0, 0.05) is 0 Å². The van der Waals surface area contributed by atoms with Gasteiger partial charge >= 0.3 is 0 Å². The first-order chi connectivity index (χ1) is 11.5. The third-order valence-corrected chi connectivity index (χ3v) is 3.50. The average molecular weight is 326 g/mol. The minimum Gasteiger partial charge on any atom is -0.497 e. The fourth-order valence-electron chi connectivity index (χ4n) is 2.33. The number of hydrogen-bond donors (Lipinski definition) is 2. The smallest absolute Gasteiger partial charge is 0.250 e. The lowest BCUT2D eigenvalue weighted by Gasteiger charge is -2.12. The number of amides is 2. The molecule has 2 aromatic rings. The third-order valence-electron chi connectivity index (χ3n) is 3.50. The van der Waals surface area contributed by atoms with Gasteiger partial charge in [0.15, 0.2) is 0 Å². The molecule has 0 unspecified atom stereocenters. The van der Waals surface area contributed by atoms with Crippen LogP contribution in [-0.4, -0.2) is 26.0 Å². The predicted octanol–water partition coefficient (Wildman–Crippen LogP) is 1.59. The first-order valence-electron chi connectivity index (χ1n) is 7.10. The number of benzene rings is 2. The Balaban J connectivity index is 2.66. The van der Waals surface area contributed by atoms with Crippen molar-refractivity contribution < 1.29 is 19.1 Å². The van der Waals surface area contributed by atoms with Gasteiger partial charge in [-0.15, -0.1) is 0 Å². The monoisotopic (exact) mass is 326 g/mol. The summed E-state index contributed by atoms with van der Waals surface area (Å²) in [6, 6.07) is 13.3. The van der Waals surface area contributed by atoms with Gasteiger partial charge in [0.2, 0.25) is 11.8 Å². The van der Waals surface area contributed by atoms with Crippen molar-refractivity contribution in [3.05, 3.63) is 59.7 Å². The van der Waals surface area contributed by atoms with E-state index in [1.165, 1.54) is 14.2 Å². The summed E-state index contributed by atoms with van der Waals surface area (Å²) >= 11 is 0. The van der Waals surface area contributed by atoms with Gasteiger partial charge in [0.25, 0.3) is 0 Å². The van der Waals surface area contributed by atoms with E-state index in [-0.39, 0.29) is 11.1 Å². The average Bonchev–Trinajstić information content (AvgIpc) is 2.59. The summed E-state index contributed by atoms with van der Waals surface area (Å²) < 4.78 is 10.2. The second kappa shape index (κ2) is 7.32. The minimum atomic E-state index is -0.746. The van der Waals surface area contributed by atoms with Crippen molar-refractivity contribution >= 4 is 23.0 Å². The molecule has 0 bridgehead atoms. The normalized spacial score (nSPS) is 11.4. The number of methoxy groups -OCH3 is 2. The van der Waals surface area contributed by atoms with Crippen molar-refractivity contribution in [3.63, 3.8) is 0 Å². The summed E-state index contributed by atoms with van der Waals surface area (Å²) in [5.41, 5.74) is 12.1. The Bertz CT molecular complexity index is 710. The van der Waals surface area contributed by atoms with E-state index in [1.807, 2.05) is 0 Å². The summed E-state index contributed by atoms with van der Waals surface area (Å²) in [7, 11) is 3.07. The van der Waals surface area contributed by atoms with Crippen LogP contribution in [0, 0.1) is 0 Å². The van der Waals surface area contributed by atoms with Crippen LogP contribution >= 0.6 is 0 Å². The van der Waals surface area contributed by atoms with Crippen LogP contribution in [0.2, 0.25) is 0 Å². The molecule has 6 heteroatoms. The molecule has 0 heterocycles. The number of nitrogens with two attached hydrogens (primary N) is 2. The fraction of sp³-hybridized carbons (Fsp3) is 0.111. The Morgan fingerprint density at radius 2 is 0.958 bits per heavy atom. The largest absolute Gasteiger partial charge is 0.497 e. The molecule has 0 aliphatic heterocycles. The molecule has 0 saturated heterocycles. The van der Waals surface area contributed by atoms with Crippen LogP contribution in [0.15, 0.2) is 48.5 Å². The zero-order valence-electron chi connectivity index (χ0n) is 13.4. The van der Waals surface area contributed by atoms with E-state index in [1.54, 1.807) is 48.5 Å². The standard InChI is InChI=1S/C18H18N2O4/c1-23-13-7-3-11(4-8-13)15(17(19)21)16(18(20)22)12-5-9-14(24-2)10-6-12/h3-10H,1-2H3,(H2,19,21)(H2,20,22)/b16-15-. The van der Waals surface area contributed by atoms with Gasteiger partial charge in [-0.2, -0.15) is 0 Å². The Kier molecular flexibility index (Phi) is 5.21. The highest BCUT2D eigenvalue weighted by atomic mass is 16.5. The fourth-order valence-corrected chi connectivity index (χ4v) is 2.33. The van der Waals surface area contributed by atoms with E-state index in [0.717, 1.165) is 0 Å². The van der Waals surface area contributed by atoms with Gasteiger partial charge < -0.3 is 20.9 Å². The molecule has 24 heavy (non-hydrogen) atoms. The Morgan fingerprint density at radius 1 is 0.667 bits per heavy atom. The maximum atomic E-state index is 12.0. The molecule has 0 saturated carbocycles. The summed E-state index contributed by atoms with van der Waals surface area (Å²) in [6.07, 6.45) is 0. The molecule has 124 valence electrons. The zero-order valence-corrected chi connectivity index (χ0v) is 13.4. The summed E-state index contributed by atoms with van der Waals surface area (Å²) in [6.45, 7) is 0. The maximum Gasteiger partial charge on any atom is 0.250 e. The van der Waals surface area contributed by atoms with E-state index in [2.05, 4.69) is 0 Å². The first kappa shape index (κ1) is 17.1. The SMILES string of the molecule is COc1ccc(/C(C(N)=O)=C(/C(N)=O)c2ccc(OC)cc2)cc1. The molecule has 6 nitrogen and oxygen atoms in total. The van der Waals surface area contributed by atoms with E-state index in [9.17, 15) is 9.59 Å². The second-order valence-corrected chi connectivity index (χ2v) is 4.94. The van der Waals surface area contributed by atoms with Crippen molar-refractivity contribution in [1.82, 2.24) is 0 Å².